The number of hydrogen-bond acceptors (Lipinski definition) is 2. The van der Waals surface area contributed by atoms with Crippen molar-refractivity contribution >= 4 is 6.29 Å². The van der Waals surface area contributed by atoms with Gasteiger partial charge in [-0.3, -0.25) is 0 Å². The quantitative estimate of drug-likeness (QED) is 0.721. The summed E-state index contributed by atoms with van der Waals surface area (Å²) in [6, 6.07) is 9.95. The molecule has 0 amide bonds. The Kier molecular flexibility index (Phi) is 3.92. The second-order valence-electron chi connectivity index (χ2n) is 3.29. The van der Waals surface area contributed by atoms with Crippen molar-refractivity contribution in [3.8, 4) is 0 Å². The zero-order valence-corrected chi connectivity index (χ0v) is 8.36. The molecule has 0 aliphatic carbocycles. The maximum absolute atomic E-state index is 10.5. The molecular weight excluding hydrogens is 174 g/mol. The van der Waals surface area contributed by atoms with Crippen molar-refractivity contribution in [2.45, 2.75) is 19.4 Å². The molecule has 0 bridgehead atoms. The van der Waals surface area contributed by atoms with Gasteiger partial charge in [0.05, 0.1) is 6.04 Å². The lowest BCUT2D eigenvalue weighted by molar-refractivity contribution is -0.108. The first-order chi connectivity index (χ1) is 6.74. The summed E-state index contributed by atoms with van der Waals surface area (Å²) in [5.74, 6) is 0. The fraction of sp³-hybridized carbons (Fsp3) is 0.250. The molecule has 0 radical (unpaired) electrons. The van der Waals surface area contributed by atoms with E-state index in [0.717, 1.165) is 17.5 Å². The molecule has 0 fully saturated rings. The summed E-state index contributed by atoms with van der Waals surface area (Å²) < 4.78 is 0. The van der Waals surface area contributed by atoms with Crippen molar-refractivity contribution in [2.75, 3.05) is 0 Å². The Morgan fingerprint density at radius 2 is 2.14 bits per heavy atom. The summed E-state index contributed by atoms with van der Waals surface area (Å²) in [5, 5.41) is 3.17. The Morgan fingerprint density at radius 1 is 1.50 bits per heavy atom. The third kappa shape index (κ3) is 3.05. The molecule has 0 aromatic heterocycles. The van der Waals surface area contributed by atoms with Crippen LogP contribution in [0.5, 0.6) is 0 Å². The number of benzene rings is 1. The lowest BCUT2D eigenvalue weighted by Gasteiger charge is -2.17. The van der Waals surface area contributed by atoms with Gasteiger partial charge in [-0.25, -0.2) is 0 Å². The minimum atomic E-state index is 0.0474. The van der Waals surface area contributed by atoms with Gasteiger partial charge in [-0.2, -0.15) is 0 Å². The molecule has 1 aromatic carbocycles. The summed E-state index contributed by atoms with van der Waals surface area (Å²) in [5.41, 5.74) is 1.99. The van der Waals surface area contributed by atoms with Gasteiger partial charge in [0, 0.05) is 12.1 Å². The third-order valence-electron chi connectivity index (χ3n) is 1.95. The van der Waals surface area contributed by atoms with Gasteiger partial charge in [0.1, 0.15) is 6.29 Å². The zero-order valence-electron chi connectivity index (χ0n) is 8.36. The first-order valence-corrected chi connectivity index (χ1v) is 4.64. The molecule has 1 rings (SSSR count). The molecule has 0 aliphatic heterocycles. The average molecular weight is 189 g/mol. The van der Waals surface area contributed by atoms with Crippen LogP contribution in [-0.4, -0.2) is 6.29 Å². The topological polar surface area (TPSA) is 29.1 Å². The van der Waals surface area contributed by atoms with Crippen LogP contribution in [0.1, 0.15) is 24.9 Å². The number of aldehydes is 1. The number of allylic oxidation sites excluding steroid dienone is 1. The fourth-order valence-electron chi connectivity index (χ4n) is 1.36. The van der Waals surface area contributed by atoms with E-state index in [2.05, 4.69) is 11.9 Å². The highest BCUT2D eigenvalue weighted by Gasteiger charge is 2.08. The van der Waals surface area contributed by atoms with Crippen molar-refractivity contribution in [3.63, 3.8) is 0 Å². The Hall–Kier alpha value is -1.57. The number of hydrogen-bond donors (Lipinski definition) is 1. The van der Waals surface area contributed by atoms with Gasteiger partial charge in [0.25, 0.3) is 0 Å². The van der Waals surface area contributed by atoms with E-state index in [1.54, 1.807) is 0 Å². The fourth-order valence-corrected chi connectivity index (χ4v) is 1.36. The van der Waals surface area contributed by atoms with Crippen molar-refractivity contribution in [3.05, 3.63) is 48.2 Å². The Labute approximate surface area is 84.6 Å². The highest BCUT2D eigenvalue weighted by atomic mass is 16.1. The zero-order chi connectivity index (χ0) is 10.4. The van der Waals surface area contributed by atoms with E-state index >= 15 is 0 Å². The standard InChI is InChI=1S/C12H15NO/c1-10(2)13-12(8-9-14)11-6-4-3-5-7-11/h3-7,9,12-13H,1,8H2,2H3/t12-/m1/s1. The second-order valence-corrected chi connectivity index (χ2v) is 3.29. The van der Waals surface area contributed by atoms with Crippen LogP contribution in [0.2, 0.25) is 0 Å². The molecule has 0 saturated heterocycles. The van der Waals surface area contributed by atoms with Gasteiger partial charge in [0.2, 0.25) is 0 Å². The van der Waals surface area contributed by atoms with Gasteiger partial charge in [-0.05, 0) is 12.5 Å². The van der Waals surface area contributed by atoms with Gasteiger partial charge >= 0.3 is 0 Å². The summed E-state index contributed by atoms with van der Waals surface area (Å²) in [4.78, 5) is 10.5. The van der Waals surface area contributed by atoms with E-state index < -0.39 is 0 Å². The van der Waals surface area contributed by atoms with Crippen molar-refractivity contribution in [2.24, 2.45) is 0 Å². The summed E-state index contributed by atoms with van der Waals surface area (Å²) in [7, 11) is 0. The van der Waals surface area contributed by atoms with E-state index in [-0.39, 0.29) is 6.04 Å². The van der Waals surface area contributed by atoms with Crippen LogP contribution in [0.3, 0.4) is 0 Å². The molecule has 2 heteroatoms. The minimum Gasteiger partial charge on any atom is -0.382 e. The molecule has 1 aromatic rings. The highest BCUT2D eigenvalue weighted by Crippen LogP contribution is 2.16. The summed E-state index contributed by atoms with van der Waals surface area (Å²) in [6.45, 7) is 5.67. The van der Waals surface area contributed by atoms with Crippen molar-refractivity contribution < 1.29 is 4.79 Å². The number of carbonyl (C=O) groups is 1. The highest BCUT2D eigenvalue weighted by molar-refractivity contribution is 5.51. The summed E-state index contributed by atoms with van der Waals surface area (Å²) in [6.07, 6.45) is 1.39. The Balaban J connectivity index is 2.77. The van der Waals surface area contributed by atoms with Gasteiger partial charge < -0.3 is 10.1 Å². The average Bonchev–Trinajstić information content (AvgIpc) is 2.18. The van der Waals surface area contributed by atoms with Crippen LogP contribution in [0.15, 0.2) is 42.6 Å². The molecule has 14 heavy (non-hydrogen) atoms. The maximum Gasteiger partial charge on any atom is 0.122 e. The molecule has 0 unspecified atom stereocenters. The molecule has 1 atom stereocenters. The smallest absolute Gasteiger partial charge is 0.122 e. The third-order valence-corrected chi connectivity index (χ3v) is 1.95. The van der Waals surface area contributed by atoms with Crippen molar-refractivity contribution in [1.29, 1.82) is 0 Å². The van der Waals surface area contributed by atoms with Crippen LogP contribution in [0, 0.1) is 0 Å². The minimum absolute atomic E-state index is 0.0474. The predicted octanol–water partition coefficient (Wildman–Crippen LogP) is 2.44. The molecule has 0 saturated carbocycles. The number of rotatable bonds is 5. The molecule has 74 valence electrons. The molecule has 2 nitrogen and oxygen atoms in total. The van der Waals surface area contributed by atoms with E-state index in [4.69, 9.17) is 0 Å². The SMILES string of the molecule is C=C(C)N[C@H](CC=O)c1ccccc1. The van der Waals surface area contributed by atoms with E-state index in [1.807, 2.05) is 37.3 Å². The molecule has 0 aliphatic rings. The van der Waals surface area contributed by atoms with Crippen LogP contribution < -0.4 is 5.32 Å². The lowest BCUT2D eigenvalue weighted by atomic mass is 10.0. The molecule has 0 spiro atoms. The number of nitrogens with one attached hydrogen (secondary N) is 1. The largest absolute Gasteiger partial charge is 0.382 e. The van der Waals surface area contributed by atoms with E-state index in [1.165, 1.54) is 0 Å². The Morgan fingerprint density at radius 3 is 2.64 bits per heavy atom. The normalized spacial score (nSPS) is 11.8. The van der Waals surface area contributed by atoms with Crippen LogP contribution in [-0.2, 0) is 4.79 Å². The molecule has 1 N–H and O–H groups in total. The van der Waals surface area contributed by atoms with Crippen LogP contribution >= 0.6 is 0 Å². The Bertz CT molecular complexity index is 305. The van der Waals surface area contributed by atoms with Gasteiger partial charge in [-0.1, -0.05) is 36.9 Å². The number of carbonyl (C=O) groups excluding carboxylic acids is 1. The molecule has 0 heterocycles. The van der Waals surface area contributed by atoms with Gasteiger partial charge in [-0.15, -0.1) is 0 Å². The van der Waals surface area contributed by atoms with Crippen LogP contribution in [0.4, 0.5) is 0 Å². The van der Waals surface area contributed by atoms with Gasteiger partial charge in [0.15, 0.2) is 0 Å². The van der Waals surface area contributed by atoms with E-state index in [0.29, 0.717) is 6.42 Å². The monoisotopic (exact) mass is 189 g/mol. The maximum atomic E-state index is 10.5. The summed E-state index contributed by atoms with van der Waals surface area (Å²) >= 11 is 0. The first kappa shape index (κ1) is 10.5. The second kappa shape index (κ2) is 5.22. The van der Waals surface area contributed by atoms with Crippen LogP contribution in [0.25, 0.3) is 0 Å². The lowest BCUT2D eigenvalue weighted by Crippen LogP contribution is -2.19. The van der Waals surface area contributed by atoms with Crippen molar-refractivity contribution in [1.82, 2.24) is 5.32 Å². The first-order valence-electron chi connectivity index (χ1n) is 4.64. The predicted molar refractivity (Wildman–Crippen MR) is 57.8 cm³/mol. The molecular formula is C12H15NO. The van der Waals surface area contributed by atoms with E-state index in [9.17, 15) is 4.79 Å².